The van der Waals surface area contributed by atoms with Crippen molar-refractivity contribution in [1.82, 2.24) is 0 Å². The maximum Gasteiger partial charge on any atom is 0.242 e. The van der Waals surface area contributed by atoms with Crippen LogP contribution in [0.2, 0.25) is 19.6 Å². The third-order valence-electron chi connectivity index (χ3n) is 15.0. The highest BCUT2D eigenvalue weighted by molar-refractivity contribution is 6.70. The molecule has 6 nitrogen and oxygen atoms in total. The zero-order valence-corrected chi connectivity index (χ0v) is 46.9. The Balaban J connectivity index is 0.000000191. The van der Waals surface area contributed by atoms with Crippen LogP contribution in [-0.4, -0.2) is 47.3 Å². The predicted molar refractivity (Wildman–Crippen MR) is 303 cm³/mol. The van der Waals surface area contributed by atoms with Crippen molar-refractivity contribution in [1.29, 1.82) is 0 Å². The van der Waals surface area contributed by atoms with E-state index < -0.39 is 14.1 Å². The minimum atomic E-state index is -1.57. The first-order chi connectivity index (χ1) is 35.1. The van der Waals surface area contributed by atoms with Crippen molar-refractivity contribution < 1.29 is 28.2 Å². The molecule has 0 saturated carbocycles. The second kappa shape index (κ2) is 30.1. The van der Waals surface area contributed by atoms with Crippen LogP contribution in [0.5, 0.6) is 11.5 Å². The molecule has 7 heteroatoms. The van der Waals surface area contributed by atoms with Crippen molar-refractivity contribution in [2.75, 3.05) is 27.4 Å². The highest BCUT2D eigenvalue weighted by Crippen LogP contribution is 2.39. The number of hydrogen-bond acceptors (Lipinski definition) is 6. The summed E-state index contributed by atoms with van der Waals surface area (Å²) in [6.07, 6.45) is 34.3. The average Bonchev–Trinajstić information content (AvgIpc) is 4.18. The van der Waals surface area contributed by atoms with Gasteiger partial charge in [0, 0.05) is 61.3 Å². The number of ether oxygens (including phenoxy) is 4. The number of rotatable bonds is 28. The lowest BCUT2D eigenvalue weighted by Gasteiger charge is -2.25. The molecule has 4 aromatic rings. The molecule has 0 unspecified atom stereocenters. The van der Waals surface area contributed by atoms with Crippen molar-refractivity contribution >= 4 is 19.9 Å². The summed E-state index contributed by atoms with van der Waals surface area (Å²) in [6, 6.07) is 29.3. The van der Waals surface area contributed by atoms with Gasteiger partial charge in [0.25, 0.3) is 0 Å². The Kier molecular flexibility index (Phi) is 23.7. The Morgan fingerprint density at radius 1 is 0.486 bits per heavy atom. The van der Waals surface area contributed by atoms with E-state index >= 15 is 0 Å². The number of hydrogen-bond donors (Lipinski definition) is 0. The Morgan fingerprint density at radius 2 is 0.917 bits per heavy atom. The lowest BCUT2D eigenvalue weighted by Crippen LogP contribution is -2.34. The molecule has 0 aliphatic heterocycles. The smallest absolute Gasteiger partial charge is 0.242 e. The van der Waals surface area contributed by atoms with Gasteiger partial charge in [-0.3, -0.25) is 4.79 Å². The number of Topliss-reactive ketones (excluding diaryl/α,β-unsaturated/α-hetero) is 1. The van der Waals surface area contributed by atoms with Gasteiger partial charge in [-0.25, -0.2) is 0 Å². The summed E-state index contributed by atoms with van der Waals surface area (Å²) >= 11 is 0. The number of unbranched alkanes of at least 4 members (excludes halogenated alkanes) is 18. The Hall–Kier alpha value is -4.43. The molecule has 0 atom stereocenters. The van der Waals surface area contributed by atoms with Crippen LogP contribution in [0.1, 0.15) is 192 Å². The minimum Gasteiger partial charge on any atom is -0.544 e. The highest BCUT2D eigenvalue weighted by Gasteiger charge is 2.37. The van der Waals surface area contributed by atoms with E-state index in [1.807, 2.05) is 18.2 Å². The molecule has 8 rings (SSSR count). The van der Waals surface area contributed by atoms with Gasteiger partial charge in [-0.1, -0.05) is 208 Å². The van der Waals surface area contributed by atoms with Crippen LogP contribution in [0.25, 0.3) is 5.76 Å². The summed E-state index contributed by atoms with van der Waals surface area (Å²) in [4.78, 5) is 13.1. The first-order valence-corrected chi connectivity index (χ1v) is 31.9. The van der Waals surface area contributed by atoms with Gasteiger partial charge in [0.2, 0.25) is 8.32 Å². The van der Waals surface area contributed by atoms with Crippen molar-refractivity contribution in [3.8, 4) is 11.5 Å². The first-order valence-electron chi connectivity index (χ1n) is 28.5. The zero-order chi connectivity index (χ0) is 51.0. The van der Waals surface area contributed by atoms with Crippen molar-refractivity contribution in [3.63, 3.8) is 0 Å². The molecule has 4 aliphatic rings. The molecule has 0 N–H and O–H groups in total. The average molecular weight is 998 g/mol. The molecule has 0 bridgehead atoms. The highest BCUT2D eigenvalue weighted by atomic mass is 28.4. The van der Waals surface area contributed by atoms with E-state index in [2.05, 4.69) is 106 Å². The number of carbonyl (C=O) groups excluding carboxylic acids is 1. The molecular formula is C65H92O6Si. The predicted octanol–water partition coefficient (Wildman–Crippen LogP) is 17.3. The number of fused-ring (bicyclic) bond motifs is 4. The van der Waals surface area contributed by atoms with Crippen LogP contribution in [0.15, 0.2) is 102 Å². The summed E-state index contributed by atoms with van der Waals surface area (Å²) in [5.74, 6) is 2.83. The number of methoxy groups -OCH3 is 2. The van der Waals surface area contributed by atoms with Gasteiger partial charge in [-0.2, -0.15) is 0 Å². The Bertz CT molecular complexity index is 2280. The lowest BCUT2D eigenvalue weighted by atomic mass is 10.0. The van der Waals surface area contributed by atoms with Gasteiger partial charge in [0.05, 0.1) is 13.2 Å². The summed E-state index contributed by atoms with van der Waals surface area (Å²) in [7, 11) is 1.83. The van der Waals surface area contributed by atoms with Crippen LogP contribution in [0.4, 0.5) is 0 Å². The summed E-state index contributed by atoms with van der Waals surface area (Å²) < 4.78 is 29.3. The number of carbonyl (C=O) groups is 1. The standard InChI is InChI=1S/C30H38O2.C24H40O2Si.C11H14O2/c1-2-3-4-5-6-7-8-9-10-13-19-32-29-18-14-17-26-28(29)22-27(30(26)31)25-20-23-15-11-12-16-24(23)21-25;1-5-6-7-8-9-10-11-12-13-14-20-25-23-17-15-16-21-22(23)18-19-24(21)26-27(2,3)4;1-12-11(13-2)7-9-5-3-4-6-10(9)8-11/h11-12,14-18H,2-10,13,19-22H2,1H3;15-17,19H,5-14,18,20H2,1-4H3;3-6H,7-8H2,1-2H3. The summed E-state index contributed by atoms with van der Waals surface area (Å²) in [5.41, 5.74) is 12.2. The van der Waals surface area contributed by atoms with E-state index in [9.17, 15) is 4.79 Å². The van der Waals surface area contributed by atoms with Crippen LogP contribution in [-0.2, 0) is 52.4 Å². The van der Waals surface area contributed by atoms with E-state index in [-0.39, 0.29) is 5.78 Å². The third kappa shape index (κ3) is 17.3. The second-order valence-electron chi connectivity index (χ2n) is 21.8. The summed E-state index contributed by atoms with van der Waals surface area (Å²) in [6.45, 7) is 12.8. The fraction of sp³-hybridized carbons (Fsp3) is 0.554. The number of ketones is 1. The van der Waals surface area contributed by atoms with Crippen LogP contribution < -0.4 is 9.47 Å². The number of allylic oxidation sites excluding steroid dienone is 3. The normalized spacial score (nSPS) is 14.9. The topological polar surface area (TPSA) is 63.2 Å². The largest absolute Gasteiger partial charge is 0.544 e. The van der Waals surface area contributed by atoms with Gasteiger partial charge < -0.3 is 23.4 Å². The third-order valence-corrected chi connectivity index (χ3v) is 15.8. The SMILES string of the molecule is CCCCCCCCCCCCOc1cccc2c1CC(=C1Cc3ccccc3C1)C2=O.CCCCCCCCCCCCOc1cccc2c1CC=C2O[Si](C)(C)C.COC1(OC)Cc2ccccc2C1. The molecule has 0 saturated heterocycles. The van der Waals surface area contributed by atoms with E-state index in [4.69, 9.17) is 23.4 Å². The fourth-order valence-corrected chi connectivity index (χ4v) is 11.6. The molecule has 0 radical (unpaired) electrons. The van der Waals surface area contributed by atoms with Crippen molar-refractivity contribution in [2.24, 2.45) is 0 Å². The Labute approximate surface area is 437 Å². The molecule has 0 fully saturated rings. The molecule has 0 aromatic heterocycles. The summed E-state index contributed by atoms with van der Waals surface area (Å²) in [5, 5.41) is 0. The molecular weight excluding hydrogens is 905 g/mol. The molecule has 4 aliphatic carbocycles. The molecule has 72 heavy (non-hydrogen) atoms. The van der Waals surface area contributed by atoms with E-state index in [1.165, 1.54) is 155 Å². The van der Waals surface area contributed by atoms with Gasteiger partial charge in [0.15, 0.2) is 11.6 Å². The minimum absolute atomic E-state index is 0.215. The monoisotopic (exact) mass is 997 g/mol. The van der Waals surface area contributed by atoms with Crippen LogP contribution in [0.3, 0.4) is 0 Å². The fourth-order valence-electron chi connectivity index (χ4n) is 10.8. The molecule has 0 spiro atoms. The van der Waals surface area contributed by atoms with Gasteiger partial charge >= 0.3 is 0 Å². The zero-order valence-electron chi connectivity index (χ0n) is 45.9. The van der Waals surface area contributed by atoms with E-state index in [0.717, 1.165) is 98.5 Å². The maximum absolute atomic E-state index is 13.1. The van der Waals surface area contributed by atoms with Crippen LogP contribution in [0, 0.1) is 0 Å². The second-order valence-corrected chi connectivity index (χ2v) is 26.2. The maximum atomic E-state index is 13.1. The van der Waals surface area contributed by atoms with Gasteiger partial charge in [-0.05, 0) is 92.2 Å². The van der Waals surface area contributed by atoms with Gasteiger partial charge in [-0.15, -0.1) is 0 Å². The molecule has 0 amide bonds. The van der Waals surface area contributed by atoms with E-state index in [1.54, 1.807) is 14.2 Å². The van der Waals surface area contributed by atoms with Crippen molar-refractivity contribution in [2.45, 2.75) is 206 Å². The number of benzene rings is 4. The molecule has 392 valence electrons. The van der Waals surface area contributed by atoms with Gasteiger partial charge in [0.1, 0.15) is 17.3 Å². The van der Waals surface area contributed by atoms with Crippen molar-refractivity contribution in [3.05, 3.63) is 147 Å². The quantitative estimate of drug-likeness (QED) is 0.0244. The Morgan fingerprint density at radius 3 is 1.38 bits per heavy atom. The first kappa shape index (κ1) is 56.9. The van der Waals surface area contributed by atoms with E-state index in [0.29, 0.717) is 0 Å². The molecule has 4 aromatic carbocycles. The lowest BCUT2D eigenvalue weighted by molar-refractivity contribution is -0.198. The van der Waals surface area contributed by atoms with Crippen LogP contribution >= 0.6 is 0 Å². The molecule has 0 heterocycles.